The Kier molecular flexibility index (Phi) is 6.45. The van der Waals surface area contributed by atoms with E-state index in [1.807, 2.05) is 41.3 Å². The van der Waals surface area contributed by atoms with Crippen LogP contribution in [0.15, 0.2) is 66.9 Å². The Morgan fingerprint density at radius 1 is 1.05 bits per heavy atom. The van der Waals surface area contributed by atoms with E-state index in [4.69, 9.17) is 10.7 Å². The first-order valence-corrected chi connectivity index (χ1v) is 13.3. The number of nitrogens with zero attached hydrogens (tertiary/aromatic N) is 4. The summed E-state index contributed by atoms with van der Waals surface area (Å²) in [7, 11) is 0. The molecule has 2 heterocycles. The molecule has 2 aromatic carbocycles. The van der Waals surface area contributed by atoms with Crippen LogP contribution < -0.4 is 16.4 Å². The lowest BCUT2D eigenvalue weighted by molar-refractivity contribution is -0.122. The highest BCUT2D eigenvalue weighted by Gasteiger charge is 2.47. The van der Waals surface area contributed by atoms with Gasteiger partial charge in [-0.2, -0.15) is 10.2 Å². The lowest BCUT2D eigenvalue weighted by Crippen LogP contribution is -2.41. The first-order valence-electron chi connectivity index (χ1n) is 13.3. The van der Waals surface area contributed by atoms with Gasteiger partial charge in [0.15, 0.2) is 0 Å². The van der Waals surface area contributed by atoms with Crippen LogP contribution in [0.25, 0.3) is 11.1 Å². The number of amides is 2. The van der Waals surface area contributed by atoms with E-state index < -0.39 is 0 Å². The highest BCUT2D eigenvalue weighted by atomic mass is 16.2. The van der Waals surface area contributed by atoms with Gasteiger partial charge in [0.2, 0.25) is 11.9 Å². The van der Waals surface area contributed by atoms with Gasteiger partial charge in [-0.3, -0.25) is 9.59 Å². The molecule has 2 bridgehead atoms. The molecule has 3 aromatic rings. The molecule has 1 saturated heterocycles. The van der Waals surface area contributed by atoms with Crippen molar-refractivity contribution in [1.82, 2.24) is 14.9 Å². The third-order valence-electron chi connectivity index (χ3n) is 7.94. The summed E-state index contributed by atoms with van der Waals surface area (Å²) >= 11 is 0. The van der Waals surface area contributed by atoms with Crippen LogP contribution in [0.4, 0.5) is 17.5 Å². The Balaban J connectivity index is 1.33. The van der Waals surface area contributed by atoms with Crippen molar-refractivity contribution >= 4 is 29.3 Å². The Labute approximate surface area is 226 Å². The first-order chi connectivity index (χ1) is 19.0. The predicted molar refractivity (Wildman–Crippen MR) is 148 cm³/mol. The molecule has 1 saturated carbocycles. The summed E-state index contributed by atoms with van der Waals surface area (Å²) < 4.78 is 0. The summed E-state index contributed by atoms with van der Waals surface area (Å²) in [5, 5.41) is 16.2. The Morgan fingerprint density at radius 3 is 2.64 bits per heavy atom. The van der Waals surface area contributed by atoms with E-state index in [-0.39, 0.29) is 35.6 Å². The maximum Gasteiger partial charge on any atom is 0.253 e. The average Bonchev–Trinajstić information content (AvgIpc) is 3.72. The number of likely N-dealkylation sites (tertiary alicyclic amines) is 1. The first kappa shape index (κ1) is 24.6. The van der Waals surface area contributed by atoms with Crippen LogP contribution in [0.5, 0.6) is 0 Å². The monoisotopic (exact) mass is 519 g/mol. The van der Waals surface area contributed by atoms with Crippen molar-refractivity contribution in [3.8, 4) is 17.2 Å². The molecule has 2 aliphatic carbocycles. The van der Waals surface area contributed by atoms with Crippen LogP contribution in [0, 0.1) is 29.1 Å². The third kappa shape index (κ3) is 4.81. The second-order valence-corrected chi connectivity index (χ2v) is 10.4. The molecule has 4 atom stereocenters. The number of nitrogens with two attached hydrogens (primary N) is 1. The largest absolute Gasteiger partial charge is 0.369 e. The second-order valence-electron chi connectivity index (χ2n) is 10.4. The van der Waals surface area contributed by atoms with Crippen LogP contribution in [0.3, 0.4) is 0 Å². The maximum atomic E-state index is 12.9. The van der Waals surface area contributed by atoms with Crippen LogP contribution in [0.1, 0.15) is 35.2 Å². The fourth-order valence-electron chi connectivity index (χ4n) is 6.05. The number of carbonyl (C=O) groups is 2. The van der Waals surface area contributed by atoms with Crippen molar-refractivity contribution in [3.63, 3.8) is 0 Å². The van der Waals surface area contributed by atoms with Crippen molar-refractivity contribution in [3.05, 3.63) is 78.0 Å². The summed E-state index contributed by atoms with van der Waals surface area (Å²) in [6.07, 6.45) is 8.87. The maximum absolute atomic E-state index is 12.9. The predicted octanol–water partition coefficient (Wildman–Crippen LogP) is 4.08. The molecule has 1 aliphatic heterocycles. The van der Waals surface area contributed by atoms with Crippen molar-refractivity contribution in [2.45, 2.75) is 25.3 Å². The molecule has 0 radical (unpaired) electrons. The summed E-state index contributed by atoms with van der Waals surface area (Å²) in [5.74, 6) is 0.536. The number of nitrogens with one attached hydrogen (secondary N) is 2. The lowest BCUT2D eigenvalue weighted by Gasteiger charge is -2.28. The topological polar surface area (TPSA) is 137 Å². The normalized spacial score (nSPS) is 23.0. The number of benzene rings is 2. The summed E-state index contributed by atoms with van der Waals surface area (Å²) in [4.78, 5) is 36.5. The van der Waals surface area contributed by atoms with Crippen molar-refractivity contribution < 1.29 is 9.59 Å². The number of hydrogen-bond donors (Lipinski definition) is 3. The fourth-order valence-corrected chi connectivity index (χ4v) is 6.05. The van der Waals surface area contributed by atoms with E-state index in [1.165, 1.54) is 0 Å². The van der Waals surface area contributed by atoms with Gasteiger partial charge in [0, 0.05) is 42.1 Å². The number of nitriles is 1. The van der Waals surface area contributed by atoms with Gasteiger partial charge in [0.05, 0.1) is 17.6 Å². The van der Waals surface area contributed by atoms with E-state index in [0.29, 0.717) is 34.1 Å². The third-order valence-corrected chi connectivity index (χ3v) is 7.94. The molecule has 39 heavy (non-hydrogen) atoms. The van der Waals surface area contributed by atoms with Crippen LogP contribution in [-0.2, 0) is 4.79 Å². The number of rotatable bonds is 7. The number of carbonyl (C=O) groups excluding carboxylic acids is 2. The summed E-state index contributed by atoms with van der Waals surface area (Å²) in [6, 6.07) is 16.6. The average molecular weight is 520 g/mol. The van der Waals surface area contributed by atoms with Gasteiger partial charge < -0.3 is 21.3 Å². The van der Waals surface area contributed by atoms with Gasteiger partial charge >= 0.3 is 0 Å². The second kappa shape index (κ2) is 10.2. The zero-order chi connectivity index (χ0) is 26.9. The molecule has 2 fully saturated rings. The molecule has 9 heteroatoms. The lowest BCUT2D eigenvalue weighted by atomic mass is 9.88. The fraction of sp³-hybridized carbons (Fsp3) is 0.300. The van der Waals surface area contributed by atoms with E-state index in [1.54, 1.807) is 18.3 Å². The summed E-state index contributed by atoms with van der Waals surface area (Å²) in [6.45, 7) is 1.57. The van der Waals surface area contributed by atoms with Gasteiger partial charge in [-0.15, -0.1) is 0 Å². The number of primary amides is 1. The zero-order valence-corrected chi connectivity index (χ0v) is 21.4. The molecule has 6 rings (SSSR count). The number of aromatic nitrogens is 2. The van der Waals surface area contributed by atoms with Crippen LogP contribution >= 0.6 is 0 Å². The van der Waals surface area contributed by atoms with Gasteiger partial charge in [-0.25, -0.2) is 4.98 Å². The Hall–Kier alpha value is -4.71. The van der Waals surface area contributed by atoms with E-state index in [0.717, 1.165) is 37.9 Å². The standard InChI is InChI=1S/C30H29N7O2/c31-16-18-5-3-6-19(13-18)24-17-33-30(34-23-8-4-7-22(15-23)29(39)37-11-1-2-12-37)36-28(24)35-26-21-10-9-20(14-21)25(26)27(32)38/h3-10,13,15,17,20-21,25-26H,1-2,11-12,14H2,(H2,32,38)(H2,33,34,35,36)/t20-,21?,25?,26?/m1/s1. The molecule has 3 unspecified atom stereocenters. The molecule has 0 spiro atoms. The highest BCUT2D eigenvalue weighted by molar-refractivity contribution is 5.95. The molecule has 3 aliphatic rings. The number of fused-ring (bicyclic) bond motifs is 2. The summed E-state index contributed by atoms with van der Waals surface area (Å²) in [5.41, 5.74) is 9.14. The molecular weight excluding hydrogens is 490 g/mol. The van der Waals surface area contributed by atoms with Gasteiger partial charge in [-0.05, 0) is 67.0 Å². The van der Waals surface area contributed by atoms with E-state index in [2.05, 4.69) is 33.8 Å². The smallest absolute Gasteiger partial charge is 0.253 e. The molecule has 2 amide bonds. The molecule has 9 nitrogen and oxygen atoms in total. The minimum Gasteiger partial charge on any atom is -0.369 e. The Bertz CT molecular complexity index is 1510. The SMILES string of the molecule is N#Cc1cccc(-c2cnc(Nc3cccc(C(=O)N4CCCC4)c3)nc2NC2C3C=C[C@H](C3)C2C(N)=O)c1. The van der Waals surface area contributed by atoms with Crippen molar-refractivity contribution in [1.29, 1.82) is 5.26 Å². The highest BCUT2D eigenvalue weighted by Crippen LogP contribution is 2.45. The van der Waals surface area contributed by atoms with Gasteiger partial charge in [-0.1, -0.05) is 30.4 Å². The Morgan fingerprint density at radius 2 is 1.85 bits per heavy atom. The minimum atomic E-state index is -0.335. The van der Waals surface area contributed by atoms with Crippen molar-refractivity contribution in [2.24, 2.45) is 23.5 Å². The molecule has 4 N–H and O–H groups in total. The van der Waals surface area contributed by atoms with E-state index >= 15 is 0 Å². The molecule has 1 aromatic heterocycles. The number of hydrogen-bond acceptors (Lipinski definition) is 7. The van der Waals surface area contributed by atoms with Gasteiger partial charge in [0.25, 0.3) is 5.91 Å². The van der Waals surface area contributed by atoms with Gasteiger partial charge in [0.1, 0.15) is 5.82 Å². The van der Waals surface area contributed by atoms with Crippen LogP contribution in [0.2, 0.25) is 0 Å². The van der Waals surface area contributed by atoms with E-state index in [9.17, 15) is 14.9 Å². The molecule has 196 valence electrons. The quantitative estimate of drug-likeness (QED) is 0.400. The van der Waals surface area contributed by atoms with Crippen molar-refractivity contribution in [2.75, 3.05) is 23.7 Å². The number of anilines is 3. The number of allylic oxidation sites excluding steroid dienone is 1. The zero-order valence-electron chi connectivity index (χ0n) is 21.4. The van der Waals surface area contributed by atoms with Crippen LogP contribution in [-0.4, -0.2) is 45.8 Å². The molecular formula is C30H29N7O2. The minimum absolute atomic E-state index is 0.0222.